The van der Waals surface area contributed by atoms with Crippen LogP contribution in [0.2, 0.25) is 0 Å². The molecule has 0 fully saturated rings. The number of nitrogens with one attached hydrogen (secondary N) is 1. The molecular weight excluding hydrogens is 358 g/mol. The number of hydrogen-bond donors (Lipinski definition) is 2. The van der Waals surface area contributed by atoms with Crippen LogP contribution >= 0.6 is 0 Å². The highest BCUT2D eigenvalue weighted by Crippen LogP contribution is 2.22. The lowest BCUT2D eigenvalue weighted by atomic mass is 10.1. The normalized spacial score (nSPS) is 11.5. The minimum absolute atomic E-state index is 0.0560. The third-order valence-electron chi connectivity index (χ3n) is 4.34. The molecule has 3 aromatic rings. The van der Waals surface area contributed by atoms with Gasteiger partial charge >= 0.3 is 12.1 Å². The van der Waals surface area contributed by atoms with Crippen molar-refractivity contribution in [3.05, 3.63) is 71.9 Å². The van der Waals surface area contributed by atoms with E-state index >= 15 is 0 Å². The molecule has 2 N–H and O–H groups in total. The number of nitrogens with zero attached hydrogens (tertiary/aromatic N) is 2. The van der Waals surface area contributed by atoms with Crippen LogP contribution in [0.5, 0.6) is 0 Å². The van der Waals surface area contributed by atoms with E-state index in [0.29, 0.717) is 0 Å². The van der Waals surface area contributed by atoms with Crippen LogP contribution in [0.4, 0.5) is 4.79 Å². The number of carbonyl (C=O) groups excluding carboxylic acids is 1. The van der Waals surface area contributed by atoms with Crippen LogP contribution in [0.3, 0.4) is 0 Å². The van der Waals surface area contributed by atoms with Gasteiger partial charge in [0, 0.05) is 23.5 Å². The van der Waals surface area contributed by atoms with Gasteiger partial charge in [0.1, 0.15) is 19.2 Å². The van der Waals surface area contributed by atoms with Crippen LogP contribution in [0.1, 0.15) is 11.1 Å². The van der Waals surface area contributed by atoms with Crippen LogP contribution in [0.25, 0.3) is 10.9 Å². The standard InChI is InChI=1S/C21H19N3O4/c22-10-11-24-13-16(17-8-4-5-9-19(17)24)12-18(20(25)26)23-21(27)28-14-15-6-2-1-3-7-15/h1-9,13,18H,11-12,14H2,(H,23,27)(H,25,26). The Morgan fingerprint density at radius 2 is 1.86 bits per heavy atom. The predicted octanol–water partition coefficient (Wildman–Crippen LogP) is 3.09. The van der Waals surface area contributed by atoms with Crippen molar-refractivity contribution in [3.8, 4) is 6.07 Å². The summed E-state index contributed by atoms with van der Waals surface area (Å²) in [6.07, 6.45) is 1.03. The Labute approximate surface area is 161 Å². The minimum atomic E-state index is -1.16. The van der Waals surface area contributed by atoms with E-state index in [1.807, 2.05) is 54.6 Å². The summed E-state index contributed by atoms with van der Waals surface area (Å²) in [7, 11) is 0. The summed E-state index contributed by atoms with van der Waals surface area (Å²) in [6, 6.07) is 17.5. The number of nitriles is 1. The van der Waals surface area contributed by atoms with E-state index in [1.54, 1.807) is 10.8 Å². The fourth-order valence-electron chi connectivity index (χ4n) is 3.02. The Morgan fingerprint density at radius 1 is 1.14 bits per heavy atom. The van der Waals surface area contributed by atoms with E-state index in [9.17, 15) is 14.7 Å². The Hall–Kier alpha value is -3.79. The second-order valence-corrected chi connectivity index (χ2v) is 6.26. The number of aromatic nitrogens is 1. The van der Waals surface area contributed by atoms with Gasteiger partial charge in [-0.3, -0.25) is 0 Å². The number of rotatable bonds is 7. The zero-order valence-corrected chi connectivity index (χ0v) is 15.0. The molecule has 3 rings (SSSR count). The highest BCUT2D eigenvalue weighted by atomic mass is 16.5. The summed E-state index contributed by atoms with van der Waals surface area (Å²) in [5.41, 5.74) is 2.39. The number of ether oxygens (including phenoxy) is 1. The first-order chi connectivity index (χ1) is 13.6. The van der Waals surface area contributed by atoms with Gasteiger partial charge in [0.05, 0.1) is 6.07 Å². The van der Waals surface area contributed by atoms with Crippen molar-refractivity contribution < 1.29 is 19.4 Å². The molecule has 7 heteroatoms. The highest BCUT2D eigenvalue weighted by molar-refractivity contribution is 5.86. The summed E-state index contributed by atoms with van der Waals surface area (Å²) in [4.78, 5) is 23.7. The molecule has 7 nitrogen and oxygen atoms in total. The minimum Gasteiger partial charge on any atom is -0.480 e. The number of benzene rings is 2. The quantitative estimate of drug-likeness (QED) is 0.658. The number of fused-ring (bicyclic) bond motifs is 1. The lowest BCUT2D eigenvalue weighted by Crippen LogP contribution is -2.42. The van der Waals surface area contributed by atoms with E-state index in [1.165, 1.54) is 0 Å². The number of carboxylic acids is 1. The van der Waals surface area contributed by atoms with Crippen molar-refractivity contribution in [1.29, 1.82) is 5.26 Å². The molecular formula is C21H19N3O4. The number of alkyl carbamates (subject to hydrolysis) is 1. The van der Waals surface area contributed by atoms with Crippen LogP contribution in [0.15, 0.2) is 60.8 Å². The monoisotopic (exact) mass is 377 g/mol. The third kappa shape index (κ3) is 4.48. The summed E-state index contributed by atoms with van der Waals surface area (Å²) in [6.45, 7) is 0.214. The lowest BCUT2D eigenvalue weighted by Gasteiger charge is -2.14. The molecule has 0 radical (unpaired) electrons. The number of hydrogen-bond acceptors (Lipinski definition) is 4. The van der Waals surface area contributed by atoms with Gasteiger partial charge in [-0.25, -0.2) is 9.59 Å². The first-order valence-corrected chi connectivity index (χ1v) is 8.72. The van der Waals surface area contributed by atoms with Crippen molar-refractivity contribution in [2.24, 2.45) is 0 Å². The smallest absolute Gasteiger partial charge is 0.408 e. The average molecular weight is 377 g/mol. The van der Waals surface area contributed by atoms with Gasteiger partial charge in [-0.15, -0.1) is 0 Å². The number of carboxylic acid groups (broad SMARTS) is 1. The average Bonchev–Trinajstić information content (AvgIpc) is 3.04. The van der Waals surface area contributed by atoms with E-state index in [-0.39, 0.29) is 19.6 Å². The topological polar surface area (TPSA) is 104 Å². The molecule has 1 atom stereocenters. The molecule has 0 aliphatic rings. The van der Waals surface area contributed by atoms with Gasteiger partial charge in [0.25, 0.3) is 0 Å². The second kappa shape index (κ2) is 8.73. The molecule has 0 aliphatic carbocycles. The van der Waals surface area contributed by atoms with Crippen molar-refractivity contribution in [3.63, 3.8) is 0 Å². The second-order valence-electron chi connectivity index (χ2n) is 6.26. The molecule has 1 amide bonds. The molecule has 1 unspecified atom stereocenters. The molecule has 142 valence electrons. The van der Waals surface area contributed by atoms with Gasteiger partial charge < -0.3 is 19.7 Å². The maximum Gasteiger partial charge on any atom is 0.408 e. The summed E-state index contributed by atoms with van der Waals surface area (Å²) in [5, 5.41) is 21.8. The Balaban J connectivity index is 1.71. The Kier molecular flexibility index (Phi) is 5.92. The third-order valence-corrected chi connectivity index (χ3v) is 4.34. The molecule has 0 saturated heterocycles. The maximum absolute atomic E-state index is 12.0. The van der Waals surface area contributed by atoms with Gasteiger partial charge in [-0.05, 0) is 17.2 Å². The molecule has 1 heterocycles. The maximum atomic E-state index is 12.0. The van der Waals surface area contributed by atoms with Gasteiger partial charge in [-0.1, -0.05) is 48.5 Å². The van der Waals surface area contributed by atoms with Crippen LogP contribution in [-0.2, 0) is 29.1 Å². The summed E-state index contributed by atoms with van der Waals surface area (Å²) < 4.78 is 6.88. The van der Waals surface area contributed by atoms with Crippen LogP contribution < -0.4 is 5.32 Å². The molecule has 28 heavy (non-hydrogen) atoms. The SMILES string of the molecule is N#CCn1cc(CC(NC(=O)OCc2ccccc2)C(=O)O)c2ccccc21. The first kappa shape index (κ1) is 19.0. The van der Waals surface area contributed by atoms with E-state index in [2.05, 4.69) is 11.4 Å². The first-order valence-electron chi connectivity index (χ1n) is 8.72. The number of amides is 1. The van der Waals surface area contributed by atoms with Gasteiger partial charge in [-0.2, -0.15) is 5.26 Å². The van der Waals surface area contributed by atoms with Gasteiger partial charge in [0.2, 0.25) is 0 Å². The highest BCUT2D eigenvalue weighted by Gasteiger charge is 2.23. The van der Waals surface area contributed by atoms with E-state index in [0.717, 1.165) is 22.0 Å². The Morgan fingerprint density at radius 3 is 2.57 bits per heavy atom. The lowest BCUT2D eigenvalue weighted by molar-refractivity contribution is -0.139. The summed E-state index contributed by atoms with van der Waals surface area (Å²) >= 11 is 0. The van der Waals surface area contributed by atoms with Gasteiger partial charge in [0.15, 0.2) is 0 Å². The molecule has 2 aromatic carbocycles. The van der Waals surface area contributed by atoms with Crippen molar-refractivity contribution in [2.75, 3.05) is 0 Å². The predicted molar refractivity (Wildman–Crippen MR) is 102 cm³/mol. The number of carbonyl (C=O) groups is 2. The van der Waals surface area contributed by atoms with Crippen LogP contribution in [0, 0.1) is 11.3 Å². The fraction of sp³-hybridized carbons (Fsp3) is 0.190. The fourth-order valence-corrected chi connectivity index (χ4v) is 3.02. The van der Waals surface area contributed by atoms with E-state index < -0.39 is 18.1 Å². The van der Waals surface area contributed by atoms with Crippen molar-refractivity contribution >= 4 is 23.0 Å². The van der Waals surface area contributed by atoms with Crippen molar-refractivity contribution in [1.82, 2.24) is 9.88 Å². The Bertz CT molecular complexity index is 1020. The number of aliphatic carboxylic acids is 1. The summed E-state index contributed by atoms with van der Waals surface area (Å²) in [5.74, 6) is -1.16. The molecule has 0 aliphatic heterocycles. The van der Waals surface area contributed by atoms with Crippen LogP contribution in [-0.4, -0.2) is 27.8 Å². The number of para-hydroxylation sites is 1. The van der Waals surface area contributed by atoms with E-state index in [4.69, 9.17) is 10.00 Å². The molecule has 1 aromatic heterocycles. The zero-order chi connectivity index (χ0) is 19.9. The largest absolute Gasteiger partial charge is 0.480 e. The molecule has 0 bridgehead atoms. The molecule has 0 saturated carbocycles. The molecule has 0 spiro atoms. The zero-order valence-electron chi connectivity index (χ0n) is 15.0. The van der Waals surface area contributed by atoms with Crippen molar-refractivity contribution in [2.45, 2.75) is 25.6 Å².